The van der Waals surface area contributed by atoms with Crippen molar-refractivity contribution in [1.29, 1.82) is 5.26 Å². The number of aryl methyl sites for hydroxylation is 1. The summed E-state index contributed by atoms with van der Waals surface area (Å²) in [5.74, 6) is -4.82. The maximum absolute atomic E-state index is 15.7. The van der Waals surface area contributed by atoms with Gasteiger partial charge in [0.2, 0.25) is 0 Å². The number of pyridine rings is 1. The summed E-state index contributed by atoms with van der Waals surface area (Å²) in [5.41, 5.74) is -3.05. The molecule has 1 fully saturated rings. The SMILES string of the molecule is Cc1oc2ccc(OCc3cccnc3C(F)(F)F)c(C#N)c2c1C(=O)NC1CCN(C(=O)O)C(C(C)(C)C)C1(F)F. The van der Waals surface area contributed by atoms with Crippen LogP contribution >= 0.6 is 0 Å². The molecule has 2 atom stereocenters. The second-order valence-corrected chi connectivity index (χ2v) is 11.0. The monoisotopic (exact) mass is 594 g/mol. The van der Waals surface area contributed by atoms with Crippen LogP contribution < -0.4 is 10.1 Å². The molecule has 14 heteroatoms. The Morgan fingerprint density at radius 1 is 1.26 bits per heavy atom. The molecule has 1 saturated heterocycles. The van der Waals surface area contributed by atoms with E-state index in [-0.39, 0.29) is 52.1 Å². The van der Waals surface area contributed by atoms with Gasteiger partial charge in [-0.2, -0.15) is 18.4 Å². The predicted octanol–water partition coefficient (Wildman–Crippen LogP) is 6.14. The summed E-state index contributed by atoms with van der Waals surface area (Å²) in [4.78, 5) is 29.2. The smallest absolute Gasteiger partial charge is 0.433 e. The Labute approximate surface area is 236 Å². The number of nitriles is 1. The highest BCUT2D eigenvalue weighted by atomic mass is 19.4. The zero-order chi connectivity index (χ0) is 31.2. The molecule has 2 aromatic heterocycles. The number of carboxylic acid groups (broad SMARTS) is 1. The van der Waals surface area contributed by atoms with Crippen LogP contribution in [0.4, 0.5) is 26.7 Å². The highest BCUT2D eigenvalue weighted by Crippen LogP contribution is 2.43. The van der Waals surface area contributed by atoms with Crippen LogP contribution in [0.2, 0.25) is 0 Å². The van der Waals surface area contributed by atoms with Crippen LogP contribution in [0, 0.1) is 23.7 Å². The second kappa shape index (κ2) is 10.8. The van der Waals surface area contributed by atoms with Crippen LogP contribution in [-0.4, -0.2) is 51.5 Å². The topological polar surface area (TPSA) is 129 Å². The van der Waals surface area contributed by atoms with Gasteiger partial charge >= 0.3 is 12.3 Å². The number of fused-ring (bicyclic) bond motifs is 1. The number of furan rings is 1. The number of rotatable bonds is 5. The van der Waals surface area contributed by atoms with Crippen LogP contribution in [0.25, 0.3) is 11.0 Å². The van der Waals surface area contributed by atoms with E-state index < -0.39 is 53.9 Å². The Hall–Kier alpha value is -4.41. The average molecular weight is 595 g/mol. The number of halogens is 5. The van der Waals surface area contributed by atoms with Crippen molar-refractivity contribution < 1.29 is 45.8 Å². The molecular formula is C28H27F5N4O5. The number of likely N-dealkylation sites (tertiary alicyclic amines) is 1. The molecule has 2 amide bonds. The molecular weight excluding hydrogens is 567 g/mol. The quantitative estimate of drug-likeness (QED) is 0.340. The van der Waals surface area contributed by atoms with Gasteiger partial charge < -0.3 is 19.6 Å². The van der Waals surface area contributed by atoms with Crippen molar-refractivity contribution in [2.24, 2.45) is 5.41 Å². The molecule has 2 unspecified atom stereocenters. The molecule has 0 bridgehead atoms. The molecule has 2 N–H and O–H groups in total. The standard InChI is InChI=1S/C28H27F5N4O5/c1-14-20(23(38)36-19-9-11-37(25(39)40)24(26(2,3)4)27(19,29)30)21-16(12-34)17(7-8-18(21)42-14)41-13-15-6-5-10-35-22(15)28(31,32)33/h5-8,10,19,24H,9,11,13H2,1-4H3,(H,36,38)(H,39,40). The van der Waals surface area contributed by atoms with Gasteiger partial charge in [-0.1, -0.05) is 26.8 Å². The van der Waals surface area contributed by atoms with Gasteiger partial charge in [0.05, 0.1) is 17.0 Å². The lowest BCUT2D eigenvalue weighted by Gasteiger charge is -2.49. The van der Waals surface area contributed by atoms with E-state index in [1.165, 1.54) is 52.0 Å². The van der Waals surface area contributed by atoms with E-state index in [1.807, 2.05) is 6.07 Å². The second-order valence-electron chi connectivity index (χ2n) is 11.0. The minimum atomic E-state index is -4.75. The van der Waals surface area contributed by atoms with E-state index in [9.17, 15) is 33.1 Å². The fourth-order valence-corrected chi connectivity index (χ4v) is 5.40. The number of alkyl halides is 5. The molecule has 0 saturated carbocycles. The lowest BCUT2D eigenvalue weighted by molar-refractivity contribution is -0.154. The first-order chi connectivity index (χ1) is 19.5. The van der Waals surface area contributed by atoms with Crippen LogP contribution in [0.15, 0.2) is 34.9 Å². The number of hydrogen-bond donors (Lipinski definition) is 2. The molecule has 42 heavy (non-hydrogen) atoms. The molecule has 4 rings (SSSR count). The molecule has 0 aliphatic carbocycles. The predicted molar refractivity (Wildman–Crippen MR) is 138 cm³/mol. The Kier molecular flexibility index (Phi) is 7.84. The van der Waals surface area contributed by atoms with Gasteiger partial charge in [0, 0.05) is 18.3 Å². The number of ether oxygens (including phenoxy) is 1. The summed E-state index contributed by atoms with van der Waals surface area (Å²) >= 11 is 0. The van der Waals surface area contributed by atoms with E-state index in [1.54, 1.807) is 0 Å². The lowest BCUT2D eigenvalue weighted by atomic mass is 9.76. The van der Waals surface area contributed by atoms with E-state index in [2.05, 4.69) is 10.3 Å². The Morgan fingerprint density at radius 3 is 2.55 bits per heavy atom. The molecule has 3 heterocycles. The first kappa shape index (κ1) is 30.5. The number of nitrogens with one attached hydrogen (secondary N) is 1. The Bertz CT molecular complexity index is 1570. The maximum Gasteiger partial charge on any atom is 0.433 e. The fourth-order valence-electron chi connectivity index (χ4n) is 5.40. The maximum atomic E-state index is 15.7. The normalized spacial score (nSPS) is 18.9. The Balaban J connectivity index is 1.68. The van der Waals surface area contributed by atoms with Crippen molar-refractivity contribution in [1.82, 2.24) is 15.2 Å². The van der Waals surface area contributed by atoms with Crippen LogP contribution in [-0.2, 0) is 12.8 Å². The summed E-state index contributed by atoms with van der Waals surface area (Å²) in [5, 5.41) is 21.7. The largest absolute Gasteiger partial charge is 0.487 e. The molecule has 9 nitrogen and oxygen atoms in total. The first-order valence-electron chi connectivity index (χ1n) is 12.8. The summed E-state index contributed by atoms with van der Waals surface area (Å²) in [6.07, 6.45) is -5.64. The summed E-state index contributed by atoms with van der Waals surface area (Å²) < 4.78 is 82.7. The molecule has 0 spiro atoms. The average Bonchev–Trinajstić information content (AvgIpc) is 3.22. The van der Waals surface area contributed by atoms with E-state index in [4.69, 9.17) is 9.15 Å². The van der Waals surface area contributed by atoms with Crippen molar-refractivity contribution in [3.05, 3.63) is 58.6 Å². The summed E-state index contributed by atoms with van der Waals surface area (Å²) in [7, 11) is 0. The third-order valence-corrected chi connectivity index (χ3v) is 7.05. The molecule has 1 aliphatic heterocycles. The number of carbonyl (C=O) groups excluding carboxylic acids is 1. The number of hydrogen-bond acceptors (Lipinski definition) is 6. The number of carbonyl (C=O) groups is 2. The van der Waals surface area contributed by atoms with Gasteiger partial charge in [-0.05, 0) is 37.0 Å². The van der Waals surface area contributed by atoms with E-state index >= 15 is 8.78 Å². The Morgan fingerprint density at radius 2 is 1.95 bits per heavy atom. The van der Waals surface area contributed by atoms with Crippen molar-refractivity contribution in [3.8, 4) is 11.8 Å². The molecule has 0 radical (unpaired) electrons. The molecule has 3 aromatic rings. The highest BCUT2D eigenvalue weighted by molar-refractivity contribution is 6.09. The van der Waals surface area contributed by atoms with Gasteiger partial charge in [-0.25, -0.2) is 13.6 Å². The van der Waals surface area contributed by atoms with Crippen molar-refractivity contribution >= 4 is 23.0 Å². The molecule has 1 aliphatic rings. The molecule has 1 aromatic carbocycles. The summed E-state index contributed by atoms with van der Waals surface area (Å²) in [6, 6.07) is 3.48. The van der Waals surface area contributed by atoms with Crippen molar-refractivity contribution in [2.45, 2.75) is 64.9 Å². The number of benzene rings is 1. The minimum absolute atomic E-state index is 0.00132. The van der Waals surface area contributed by atoms with E-state index in [0.29, 0.717) is 4.90 Å². The van der Waals surface area contributed by atoms with Crippen LogP contribution in [0.5, 0.6) is 5.75 Å². The zero-order valence-corrected chi connectivity index (χ0v) is 23.0. The van der Waals surface area contributed by atoms with Gasteiger partial charge in [-0.15, -0.1) is 0 Å². The third kappa shape index (κ3) is 5.55. The zero-order valence-electron chi connectivity index (χ0n) is 23.0. The van der Waals surface area contributed by atoms with Crippen molar-refractivity contribution in [2.75, 3.05) is 6.54 Å². The highest BCUT2D eigenvalue weighted by Gasteiger charge is 2.59. The summed E-state index contributed by atoms with van der Waals surface area (Å²) in [6.45, 7) is 4.96. The molecule has 224 valence electrons. The fraction of sp³-hybridized carbons (Fsp3) is 0.429. The number of amides is 2. The van der Waals surface area contributed by atoms with Crippen LogP contribution in [0.3, 0.4) is 0 Å². The van der Waals surface area contributed by atoms with E-state index in [0.717, 1.165) is 6.20 Å². The van der Waals surface area contributed by atoms with Gasteiger partial charge in [0.15, 0.2) is 5.69 Å². The van der Waals surface area contributed by atoms with Crippen molar-refractivity contribution in [3.63, 3.8) is 0 Å². The first-order valence-corrected chi connectivity index (χ1v) is 12.8. The van der Waals surface area contributed by atoms with Gasteiger partial charge in [-0.3, -0.25) is 14.7 Å². The third-order valence-electron chi connectivity index (χ3n) is 7.05. The van der Waals surface area contributed by atoms with Gasteiger partial charge in [0.25, 0.3) is 11.8 Å². The van der Waals surface area contributed by atoms with Crippen LogP contribution in [0.1, 0.15) is 60.1 Å². The number of piperidine rings is 1. The lowest BCUT2D eigenvalue weighted by Crippen LogP contribution is -2.68. The number of aromatic nitrogens is 1. The number of nitrogens with zero attached hydrogens (tertiary/aromatic N) is 3. The van der Waals surface area contributed by atoms with Gasteiger partial charge in [0.1, 0.15) is 41.4 Å². The minimum Gasteiger partial charge on any atom is -0.487 e.